The van der Waals surface area contributed by atoms with Gasteiger partial charge in [-0.1, -0.05) is 18.2 Å². The number of ether oxygens (including phenoxy) is 1. The van der Waals surface area contributed by atoms with Gasteiger partial charge in [-0.3, -0.25) is 4.79 Å². The molecule has 0 aliphatic carbocycles. The van der Waals surface area contributed by atoms with Crippen molar-refractivity contribution in [2.75, 3.05) is 6.61 Å². The maximum absolute atomic E-state index is 12.2. The molecule has 1 N–H and O–H groups in total. The van der Waals surface area contributed by atoms with Crippen molar-refractivity contribution >= 4 is 5.91 Å². The first-order chi connectivity index (χ1) is 7.97. The number of benzene rings is 1. The predicted octanol–water partition coefficient (Wildman–Crippen LogP) is 2.47. The van der Waals surface area contributed by atoms with Crippen molar-refractivity contribution in [3.05, 3.63) is 29.8 Å². The van der Waals surface area contributed by atoms with Crippen LogP contribution in [0.1, 0.15) is 38.7 Å². The summed E-state index contributed by atoms with van der Waals surface area (Å²) in [5.74, 6) is 0.847. The number of rotatable bonds is 1. The molecule has 1 amide bonds. The zero-order chi connectivity index (χ0) is 12.5. The Balaban J connectivity index is 2.21. The number of para-hydroxylation sites is 1. The van der Waals surface area contributed by atoms with E-state index in [2.05, 4.69) is 5.32 Å². The Kier molecular flexibility index (Phi) is 3.09. The van der Waals surface area contributed by atoms with Gasteiger partial charge >= 0.3 is 0 Å². The van der Waals surface area contributed by atoms with E-state index in [0.717, 1.165) is 17.7 Å². The fourth-order valence-corrected chi connectivity index (χ4v) is 2.07. The lowest BCUT2D eigenvalue weighted by Crippen LogP contribution is -2.44. The molecule has 0 bridgehead atoms. The van der Waals surface area contributed by atoms with Crippen molar-refractivity contribution in [1.29, 1.82) is 0 Å². The molecule has 1 aliphatic heterocycles. The highest BCUT2D eigenvalue weighted by Gasteiger charge is 2.29. The molecule has 1 aliphatic rings. The van der Waals surface area contributed by atoms with Crippen molar-refractivity contribution in [2.45, 2.75) is 38.6 Å². The van der Waals surface area contributed by atoms with Gasteiger partial charge in [-0.05, 0) is 33.3 Å². The SMILES string of the molecule is CC(C)(C)NC(=O)C1CCOc2ccccc21. The monoisotopic (exact) mass is 233 g/mol. The van der Waals surface area contributed by atoms with E-state index in [4.69, 9.17) is 4.74 Å². The molecule has 0 radical (unpaired) electrons. The maximum Gasteiger partial charge on any atom is 0.228 e. The molecule has 0 spiro atoms. The van der Waals surface area contributed by atoms with Crippen LogP contribution < -0.4 is 10.1 Å². The fraction of sp³-hybridized carbons (Fsp3) is 0.500. The van der Waals surface area contributed by atoms with E-state index in [1.165, 1.54) is 0 Å². The summed E-state index contributed by atoms with van der Waals surface area (Å²) in [5, 5.41) is 3.04. The van der Waals surface area contributed by atoms with Gasteiger partial charge in [0.2, 0.25) is 5.91 Å². The van der Waals surface area contributed by atoms with E-state index in [9.17, 15) is 4.79 Å². The van der Waals surface area contributed by atoms with Crippen LogP contribution in [0.25, 0.3) is 0 Å². The number of carbonyl (C=O) groups excluding carboxylic acids is 1. The molecule has 2 rings (SSSR count). The van der Waals surface area contributed by atoms with Crippen LogP contribution in [0, 0.1) is 0 Å². The zero-order valence-corrected chi connectivity index (χ0v) is 10.6. The normalized spacial score (nSPS) is 19.1. The first-order valence-electron chi connectivity index (χ1n) is 6.01. The summed E-state index contributed by atoms with van der Waals surface area (Å²) < 4.78 is 5.55. The molecule has 0 saturated heterocycles. The van der Waals surface area contributed by atoms with Crippen LogP contribution in [0.3, 0.4) is 0 Å². The van der Waals surface area contributed by atoms with Crippen LogP contribution >= 0.6 is 0 Å². The number of carbonyl (C=O) groups is 1. The Labute approximate surface area is 102 Å². The van der Waals surface area contributed by atoms with Crippen molar-refractivity contribution < 1.29 is 9.53 Å². The average molecular weight is 233 g/mol. The van der Waals surface area contributed by atoms with Crippen molar-refractivity contribution in [3.8, 4) is 5.75 Å². The lowest BCUT2D eigenvalue weighted by Gasteiger charge is -2.28. The molecular formula is C14H19NO2. The number of fused-ring (bicyclic) bond motifs is 1. The minimum atomic E-state index is -0.190. The fourth-order valence-electron chi connectivity index (χ4n) is 2.07. The van der Waals surface area contributed by atoms with E-state index < -0.39 is 0 Å². The van der Waals surface area contributed by atoms with Crippen LogP contribution in [-0.4, -0.2) is 18.1 Å². The molecule has 1 aromatic rings. The van der Waals surface area contributed by atoms with E-state index >= 15 is 0 Å². The zero-order valence-electron chi connectivity index (χ0n) is 10.6. The molecule has 1 unspecified atom stereocenters. The first kappa shape index (κ1) is 12.0. The predicted molar refractivity (Wildman–Crippen MR) is 67.2 cm³/mol. The molecule has 17 heavy (non-hydrogen) atoms. The topological polar surface area (TPSA) is 38.3 Å². The third kappa shape index (κ3) is 2.78. The summed E-state index contributed by atoms with van der Waals surface area (Å²) in [7, 11) is 0. The lowest BCUT2D eigenvalue weighted by atomic mass is 9.91. The first-order valence-corrected chi connectivity index (χ1v) is 6.01. The standard InChI is InChI=1S/C14H19NO2/c1-14(2,3)15-13(16)11-8-9-17-12-7-5-4-6-10(11)12/h4-7,11H,8-9H2,1-3H3,(H,15,16). The van der Waals surface area contributed by atoms with E-state index in [1.807, 2.05) is 45.0 Å². The lowest BCUT2D eigenvalue weighted by molar-refractivity contribution is -0.124. The van der Waals surface area contributed by atoms with Gasteiger partial charge in [0.15, 0.2) is 0 Å². The highest BCUT2D eigenvalue weighted by atomic mass is 16.5. The summed E-state index contributed by atoms with van der Waals surface area (Å²) >= 11 is 0. The van der Waals surface area contributed by atoms with Crippen LogP contribution in [0.5, 0.6) is 5.75 Å². The molecule has 0 aromatic heterocycles. The third-order valence-electron chi connectivity index (χ3n) is 2.77. The Morgan fingerprint density at radius 2 is 2.06 bits per heavy atom. The third-order valence-corrected chi connectivity index (χ3v) is 2.77. The van der Waals surface area contributed by atoms with Gasteiger partial charge in [0, 0.05) is 11.1 Å². The number of nitrogens with one attached hydrogen (secondary N) is 1. The summed E-state index contributed by atoms with van der Waals surface area (Å²) in [4.78, 5) is 12.2. The molecule has 3 nitrogen and oxygen atoms in total. The van der Waals surface area contributed by atoms with Crippen LogP contribution in [0.4, 0.5) is 0 Å². The molecule has 0 saturated carbocycles. The highest BCUT2D eigenvalue weighted by Crippen LogP contribution is 2.33. The Morgan fingerprint density at radius 1 is 1.35 bits per heavy atom. The maximum atomic E-state index is 12.2. The number of amides is 1. The van der Waals surface area contributed by atoms with Gasteiger partial charge in [-0.25, -0.2) is 0 Å². The summed E-state index contributed by atoms with van der Waals surface area (Å²) in [5.41, 5.74) is 0.810. The van der Waals surface area contributed by atoms with Crippen LogP contribution in [0.15, 0.2) is 24.3 Å². The van der Waals surface area contributed by atoms with E-state index in [1.54, 1.807) is 0 Å². The highest BCUT2D eigenvalue weighted by molar-refractivity contribution is 5.85. The van der Waals surface area contributed by atoms with Gasteiger partial charge < -0.3 is 10.1 Å². The molecule has 0 fully saturated rings. The van der Waals surface area contributed by atoms with E-state index in [-0.39, 0.29) is 17.4 Å². The number of hydrogen-bond donors (Lipinski definition) is 1. The van der Waals surface area contributed by atoms with Gasteiger partial charge in [0.05, 0.1) is 12.5 Å². The smallest absolute Gasteiger partial charge is 0.228 e. The Hall–Kier alpha value is -1.51. The van der Waals surface area contributed by atoms with Gasteiger partial charge in [-0.15, -0.1) is 0 Å². The molecule has 3 heteroatoms. The van der Waals surface area contributed by atoms with Gasteiger partial charge in [-0.2, -0.15) is 0 Å². The molecule has 92 valence electrons. The largest absolute Gasteiger partial charge is 0.493 e. The second-order valence-electron chi connectivity index (χ2n) is 5.47. The molecule has 1 atom stereocenters. The Morgan fingerprint density at radius 3 is 2.76 bits per heavy atom. The average Bonchev–Trinajstić information content (AvgIpc) is 2.26. The van der Waals surface area contributed by atoms with Gasteiger partial charge in [0.25, 0.3) is 0 Å². The van der Waals surface area contributed by atoms with Crippen molar-refractivity contribution in [3.63, 3.8) is 0 Å². The van der Waals surface area contributed by atoms with E-state index in [0.29, 0.717) is 6.61 Å². The quantitative estimate of drug-likeness (QED) is 0.809. The number of hydrogen-bond acceptors (Lipinski definition) is 2. The van der Waals surface area contributed by atoms with Crippen molar-refractivity contribution in [1.82, 2.24) is 5.32 Å². The minimum Gasteiger partial charge on any atom is -0.493 e. The summed E-state index contributed by atoms with van der Waals surface area (Å²) in [6, 6.07) is 7.78. The van der Waals surface area contributed by atoms with Crippen molar-refractivity contribution in [2.24, 2.45) is 0 Å². The van der Waals surface area contributed by atoms with Crippen LogP contribution in [0.2, 0.25) is 0 Å². The second kappa shape index (κ2) is 4.40. The minimum absolute atomic E-state index is 0.0841. The Bertz CT molecular complexity index is 420. The molecule has 1 aromatic carbocycles. The van der Waals surface area contributed by atoms with Gasteiger partial charge in [0.1, 0.15) is 5.75 Å². The molecular weight excluding hydrogens is 214 g/mol. The summed E-state index contributed by atoms with van der Waals surface area (Å²) in [6.45, 7) is 6.60. The second-order valence-corrected chi connectivity index (χ2v) is 5.47. The van der Waals surface area contributed by atoms with Crippen LogP contribution in [-0.2, 0) is 4.79 Å². The molecule has 1 heterocycles. The summed E-state index contributed by atoms with van der Waals surface area (Å²) in [6.07, 6.45) is 0.749.